The molecule has 0 atom stereocenters. The second-order valence-electron chi connectivity index (χ2n) is 5.46. The van der Waals surface area contributed by atoms with Gasteiger partial charge < -0.3 is 10.1 Å². The van der Waals surface area contributed by atoms with Gasteiger partial charge in [0.05, 0.1) is 12.0 Å². The van der Waals surface area contributed by atoms with E-state index in [0.29, 0.717) is 0 Å². The van der Waals surface area contributed by atoms with E-state index in [-0.39, 0.29) is 12.0 Å². The third kappa shape index (κ3) is 6.69. The molecule has 2 rings (SSSR count). The summed E-state index contributed by atoms with van der Waals surface area (Å²) in [5.41, 5.74) is 0.519. The Balaban J connectivity index is 1.69. The summed E-state index contributed by atoms with van der Waals surface area (Å²) in [7, 11) is 0. The quantitative estimate of drug-likeness (QED) is 0.706. The van der Waals surface area contributed by atoms with Crippen molar-refractivity contribution in [3.8, 4) is 0 Å². The van der Waals surface area contributed by atoms with Crippen molar-refractivity contribution in [1.29, 1.82) is 0 Å². The zero-order valence-electron chi connectivity index (χ0n) is 14.2. The van der Waals surface area contributed by atoms with Crippen molar-refractivity contribution in [2.45, 2.75) is 6.42 Å². The third-order valence-electron chi connectivity index (χ3n) is 3.36. The van der Waals surface area contributed by atoms with E-state index >= 15 is 0 Å². The van der Waals surface area contributed by atoms with Gasteiger partial charge in [-0.15, -0.1) is 0 Å². The lowest BCUT2D eigenvalue weighted by atomic mass is 10.1. The van der Waals surface area contributed by atoms with Crippen LogP contribution in [0.4, 0.5) is 4.39 Å². The van der Waals surface area contributed by atoms with Gasteiger partial charge in [0.1, 0.15) is 12.4 Å². The number of hydrogen-bond acceptors (Lipinski definition) is 5. The van der Waals surface area contributed by atoms with E-state index < -0.39 is 42.7 Å². The van der Waals surface area contributed by atoms with E-state index in [0.717, 1.165) is 11.6 Å². The molecule has 27 heavy (non-hydrogen) atoms. The summed E-state index contributed by atoms with van der Waals surface area (Å²) < 4.78 is 18.1. The van der Waals surface area contributed by atoms with Gasteiger partial charge in [-0.2, -0.15) is 0 Å². The Morgan fingerprint density at radius 2 is 1.56 bits per heavy atom. The van der Waals surface area contributed by atoms with Gasteiger partial charge in [0.25, 0.3) is 11.8 Å². The normalized spacial score (nSPS) is 9.96. The minimum absolute atomic E-state index is 0.0131. The number of imide groups is 1. The molecule has 0 saturated carbocycles. The molecule has 0 aromatic heterocycles. The molecule has 3 amide bonds. The lowest BCUT2D eigenvalue weighted by molar-refractivity contribution is -0.148. The van der Waals surface area contributed by atoms with Gasteiger partial charge in [-0.1, -0.05) is 42.5 Å². The Bertz CT molecular complexity index is 839. The maximum Gasteiger partial charge on any atom is 0.325 e. The van der Waals surface area contributed by atoms with Gasteiger partial charge in [-0.05, 0) is 17.7 Å². The van der Waals surface area contributed by atoms with E-state index in [1.54, 1.807) is 30.3 Å². The first-order valence-corrected chi connectivity index (χ1v) is 8.00. The Morgan fingerprint density at radius 1 is 0.889 bits per heavy atom. The van der Waals surface area contributed by atoms with Crippen LogP contribution in [-0.2, 0) is 25.5 Å². The van der Waals surface area contributed by atoms with E-state index in [2.05, 4.69) is 15.4 Å². The summed E-state index contributed by atoms with van der Waals surface area (Å²) in [5, 5.41) is 4.27. The van der Waals surface area contributed by atoms with Crippen LogP contribution in [-0.4, -0.2) is 36.8 Å². The minimum atomic E-state index is -0.898. The average molecular weight is 372 g/mol. The van der Waals surface area contributed by atoms with Crippen LogP contribution in [0.3, 0.4) is 0 Å². The van der Waals surface area contributed by atoms with E-state index in [9.17, 15) is 23.6 Å². The molecular formula is C19H17FN2O5. The zero-order chi connectivity index (χ0) is 19.6. The molecule has 0 aliphatic rings. The summed E-state index contributed by atoms with van der Waals surface area (Å²) in [5.74, 6) is -3.72. The SMILES string of the molecule is O=C(COC(=O)CNC(=O)c1ccccc1F)NC(=O)Cc1ccccc1. The van der Waals surface area contributed by atoms with Gasteiger partial charge in [0.2, 0.25) is 5.91 Å². The minimum Gasteiger partial charge on any atom is -0.454 e. The number of carbonyl (C=O) groups excluding carboxylic acids is 4. The van der Waals surface area contributed by atoms with Crippen molar-refractivity contribution in [2.24, 2.45) is 0 Å². The monoisotopic (exact) mass is 372 g/mol. The summed E-state index contributed by atoms with van der Waals surface area (Å²) in [4.78, 5) is 46.6. The number of hydrogen-bond donors (Lipinski definition) is 2. The molecule has 7 nitrogen and oxygen atoms in total. The second kappa shape index (κ2) is 9.81. The van der Waals surface area contributed by atoms with Crippen LogP contribution in [0.1, 0.15) is 15.9 Å². The van der Waals surface area contributed by atoms with Crippen LogP contribution in [0, 0.1) is 5.82 Å². The molecule has 8 heteroatoms. The molecule has 2 aromatic rings. The van der Waals surface area contributed by atoms with Crippen molar-refractivity contribution in [2.75, 3.05) is 13.2 Å². The van der Waals surface area contributed by atoms with Crippen LogP contribution in [0.25, 0.3) is 0 Å². The smallest absolute Gasteiger partial charge is 0.325 e. The molecular weight excluding hydrogens is 355 g/mol. The maximum atomic E-state index is 13.4. The summed E-state index contributed by atoms with van der Waals surface area (Å²) in [6, 6.07) is 14.1. The fourth-order valence-electron chi connectivity index (χ4n) is 2.11. The number of ether oxygens (including phenoxy) is 1. The first-order valence-electron chi connectivity index (χ1n) is 8.00. The standard InChI is InChI=1S/C19H17FN2O5/c20-15-9-5-4-8-14(15)19(26)21-11-18(25)27-12-17(24)22-16(23)10-13-6-2-1-3-7-13/h1-9H,10-12H2,(H,21,26)(H,22,23,24). The van der Waals surface area contributed by atoms with Crippen LogP contribution in [0.15, 0.2) is 54.6 Å². The zero-order valence-corrected chi connectivity index (χ0v) is 14.2. The first-order chi connectivity index (χ1) is 13.0. The summed E-state index contributed by atoms with van der Waals surface area (Å²) in [6.07, 6.45) is 0.0131. The Morgan fingerprint density at radius 3 is 2.26 bits per heavy atom. The number of rotatable bonds is 7. The second-order valence-corrected chi connectivity index (χ2v) is 5.46. The largest absolute Gasteiger partial charge is 0.454 e. The Kier molecular flexibility index (Phi) is 7.18. The molecule has 0 spiro atoms. The van der Waals surface area contributed by atoms with Gasteiger partial charge >= 0.3 is 5.97 Å². The first kappa shape index (κ1) is 19.8. The van der Waals surface area contributed by atoms with Crippen LogP contribution in [0.5, 0.6) is 0 Å². The number of carbonyl (C=O) groups is 4. The summed E-state index contributed by atoms with van der Waals surface area (Å²) >= 11 is 0. The lowest BCUT2D eigenvalue weighted by Gasteiger charge is -2.07. The highest BCUT2D eigenvalue weighted by molar-refractivity contribution is 5.98. The number of esters is 1. The lowest BCUT2D eigenvalue weighted by Crippen LogP contribution is -2.37. The highest BCUT2D eigenvalue weighted by Gasteiger charge is 2.14. The molecule has 0 aliphatic carbocycles. The number of amides is 3. The van der Waals surface area contributed by atoms with Crippen LogP contribution < -0.4 is 10.6 Å². The predicted molar refractivity (Wildman–Crippen MR) is 93.0 cm³/mol. The Hall–Kier alpha value is -3.55. The van der Waals surface area contributed by atoms with Gasteiger partial charge in [0, 0.05) is 0 Å². The molecule has 0 radical (unpaired) electrons. The molecule has 0 unspecified atom stereocenters. The predicted octanol–water partition coefficient (Wildman–Crippen LogP) is 0.984. The number of nitrogens with one attached hydrogen (secondary N) is 2. The van der Waals surface area contributed by atoms with Gasteiger partial charge in [0.15, 0.2) is 6.61 Å². The molecule has 0 bridgehead atoms. The fraction of sp³-hybridized carbons (Fsp3) is 0.158. The van der Waals surface area contributed by atoms with Crippen molar-refractivity contribution in [1.82, 2.24) is 10.6 Å². The molecule has 0 aliphatic heterocycles. The van der Waals surface area contributed by atoms with Crippen molar-refractivity contribution >= 4 is 23.7 Å². The number of halogens is 1. The summed E-state index contributed by atoms with van der Waals surface area (Å²) in [6.45, 7) is -1.21. The molecule has 0 heterocycles. The van der Waals surface area contributed by atoms with E-state index in [1.165, 1.54) is 18.2 Å². The Labute approximate surface area is 154 Å². The van der Waals surface area contributed by atoms with Gasteiger partial charge in [-0.3, -0.25) is 24.5 Å². The number of benzene rings is 2. The average Bonchev–Trinajstić information content (AvgIpc) is 2.65. The van der Waals surface area contributed by atoms with Crippen molar-refractivity contribution in [3.63, 3.8) is 0 Å². The molecule has 0 saturated heterocycles. The maximum absolute atomic E-state index is 13.4. The van der Waals surface area contributed by atoms with E-state index in [4.69, 9.17) is 0 Å². The highest BCUT2D eigenvalue weighted by Crippen LogP contribution is 2.05. The van der Waals surface area contributed by atoms with Crippen molar-refractivity contribution in [3.05, 3.63) is 71.5 Å². The van der Waals surface area contributed by atoms with E-state index in [1.807, 2.05) is 0 Å². The molecule has 0 fully saturated rings. The van der Waals surface area contributed by atoms with Crippen LogP contribution in [0.2, 0.25) is 0 Å². The third-order valence-corrected chi connectivity index (χ3v) is 3.36. The van der Waals surface area contributed by atoms with Gasteiger partial charge in [-0.25, -0.2) is 4.39 Å². The van der Waals surface area contributed by atoms with Crippen molar-refractivity contribution < 1.29 is 28.3 Å². The molecule has 2 N–H and O–H groups in total. The molecule has 2 aromatic carbocycles. The topological polar surface area (TPSA) is 102 Å². The molecule has 140 valence electrons. The highest BCUT2D eigenvalue weighted by atomic mass is 19.1. The van der Waals surface area contributed by atoms with Crippen LogP contribution >= 0.6 is 0 Å². The fourth-order valence-corrected chi connectivity index (χ4v) is 2.11.